The van der Waals surface area contributed by atoms with Crippen LogP contribution in [0.4, 0.5) is 11.4 Å². The van der Waals surface area contributed by atoms with Crippen molar-refractivity contribution >= 4 is 21.4 Å². The first-order valence-electron chi connectivity index (χ1n) is 9.03. The van der Waals surface area contributed by atoms with Gasteiger partial charge < -0.3 is 14.5 Å². The molecule has 1 aromatic carbocycles. The van der Waals surface area contributed by atoms with E-state index in [0.29, 0.717) is 26.1 Å². The number of nitrogens with one attached hydrogen (secondary N) is 1. The molecule has 2 aromatic rings. The summed E-state index contributed by atoms with van der Waals surface area (Å²) in [7, 11) is -3.79. The second kappa shape index (κ2) is 8.72. The van der Waals surface area contributed by atoms with Crippen LogP contribution in [0.15, 0.2) is 45.9 Å². The number of anilines is 1. The third kappa shape index (κ3) is 4.70. The van der Waals surface area contributed by atoms with Crippen molar-refractivity contribution in [3.05, 3.63) is 52.5 Å². The van der Waals surface area contributed by atoms with Gasteiger partial charge in [-0.1, -0.05) is 0 Å². The lowest BCUT2D eigenvalue weighted by Crippen LogP contribution is -2.40. The molecule has 1 aromatic heterocycles. The Morgan fingerprint density at radius 2 is 2.04 bits per heavy atom. The van der Waals surface area contributed by atoms with E-state index in [0.717, 1.165) is 11.8 Å². The third-order valence-corrected chi connectivity index (χ3v) is 6.47. The van der Waals surface area contributed by atoms with Crippen molar-refractivity contribution in [2.45, 2.75) is 30.7 Å². The molecule has 1 aliphatic rings. The zero-order chi connectivity index (χ0) is 20.1. The molecule has 10 heteroatoms. The molecule has 0 radical (unpaired) electrons. The minimum atomic E-state index is -3.79. The van der Waals surface area contributed by atoms with E-state index in [1.165, 1.54) is 16.4 Å². The number of benzene rings is 1. The average molecular weight is 409 g/mol. The van der Waals surface area contributed by atoms with Crippen LogP contribution in [0.5, 0.6) is 0 Å². The molecule has 152 valence electrons. The van der Waals surface area contributed by atoms with Crippen LogP contribution in [0.3, 0.4) is 0 Å². The summed E-state index contributed by atoms with van der Waals surface area (Å²) in [5.41, 5.74) is 0.0251. The number of nitro groups is 1. The van der Waals surface area contributed by atoms with E-state index in [1.54, 1.807) is 6.26 Å². The van der Waals surface area contributed by atoms with Gasteiger partial charge >= 0.3 is 0 Å². The molecule has 28 heavy (non-hydrogen) atoms. The van der Waals surface area contributed by atoms with Gasteiger partial charge in [-0.25, -0.2) is 8.42 Å². The Labute approximate surface area is 163 Å². The number of ether oxygens (including phenoxy) is 1. The van der Waals surface area contributed by atoms with Gasteiger partial charge in [-0.05, 0) is 37.6 Å². The number of morpholine rings is 1. The predicted molar refractivity (Wildman–Crippen MR) is 103 cm³/mol. The largest absolute Gasteiger partial charge is 0.469 e. The SMILES string of the molecule is CC(CCc1ccco1)Nc1ccc(S(=O)(=O)N2CCOCC2)cc1[N+](=O)[O-]. The van der Waals surface area contributed by atoms with Crippen molar-refractivity contribution < 1.29 is 22.5 Å². The fourth-order valence-electron chi connectivity index (χ4n) is 3.03. The summed E-state index contributed by atoms with van der Waals surface area (Å²) in [5.74, 6) is 0.843. The molecule has 1 aliphatic heterocycles. The van der Waals surface area contributed by atoms with Gasteiger partial charge in [0.2, 0.25) is 10.0 Å². The van der Waals surface area contributed by atoms with Crippen molar-refractivity contribution in [3.63, 3.8) is 0 Å². The highest BCUT2D eigenvalue weighted by Gasteiger charge is 2.29. The van der Waals surface area contributed by atoms with Gasteiger partial charge in [0.25, 0.3) is 5.69 Å². The second-order valence-electron chi connectivity index (χ2n) is 6.62. The van der Waals surface area contributed by atoms with E-state index in [-0.39, 0.29) is 35.4 Å². The molecule has 0 amide bonds. The molecule has 9 nitrogen and oxygen atoms in total. The molecular formula is C18H23N3O6S. The molecular weight excluding hydrogens is 386 g/mol. The molecule has 1 atom stereocenters. The molecule has 1 N–H and O–H groups in total. The summed E-state index contributed by atoms with van der Waals surface area (Å²) in [5, 5.41) is 14.6. The molecule has 0 saturated carbocycles. The van der Waals surface area contributed by atoms with Crippen LogP contribution in [0.1, 0.15) is 19.1 Å². The predicted octanol–water partition coefficient (Wildman–Crippen LogP) is 2.64. The summed E-state index contributed by atoms with van der Waals surface area (Å²) in [4.78, 5) is 10.9. The van der Waals surface area contributed by atoms with Crippen LogP contribution in [0.2, 0.25) is 0 Å². The van der Waals surface area contributed by atoms with Crippen LogP contribution in [0.25, 0.3) is 0 Å². The Bertz CT molecular complexity index is 907. The van der Waals surface area contributed by atoms with Crippen molar-refractivity contribution in [2.24, 2.45) is 0 Å². The minimum absolute atomic E-state index is 0.0644. The number of rotatable bonds is 8. The van der Waals surface area contributed by atoms with Crippen molar-refractivity contribution in [2.75, 3.05) is 31.6 Å². The third-order valence-electron chi connectivity index (χ3n) is 4.58. The summed E-state index contributed by atoms with van der Waals surface area (Å²) in [6.07, 6.45) is 3.00. The summed E-state index contributed by atoms with van der Waals surface area (Å²) >= 11 is 0. The van der Waals surface area contributed by atoms with Crippen LogP contribution in [-0.2, 0) is 21.2 Å². The van der Waals surface area contributed by atoms with E-state index in [9.17, 15) is 18.5 Å². The number of sulfonamides is 1. The molecule has 1 unspecified atom stereocenters. The van der Waals surface area contributed by atoms with Gasteiger partial charge in [-0.3, -0.25) is 10.1 Å². The van der Waals surface area contributed by atoms with E-state index in [2.05, 4.69) is 5.32 Å². The van der Waals surface area contributed by atoms with Gasteiger partial charge in [-0.2, -0.15) is 4.31 Å². The van der Waals surface area contributed by atoms with Crippen LogP contribution < -0.4 is 5.32 Å². The average Bonchev–Trinajstić information content (AvgIpc) is 3.21. The molecule has 0 bridgehead atoms. The molecule has 2 heterocycles. The first kappa shape index (κ1) is 20.3. The van der Waals surface area contributed by atoms with Gasteiger partial charge in [0.1, 0.15) is 11.4 Å². The lowest BCUT2D eigenvalue weighted by atomic mass is 10.1. The zero-order valence-electron chi connectivity index (χ0n) is 15.5. The van der Waals surface area contributed by atoms with Crippen molar-refractivity contribution in [1.29, 1.82) is 0 Å². The number of aryl methyl sites for hydroxylation is 1. The Hall–Kier alpha value is -2.43. The molecule has 1 fully saturated rings. The lowest BCUT2D eigenvalue weighted by molar-refractivity contribution is -0.384. The summed E-state index contributed by atoms with van der Waals surface area (Å²) in [6.45, 7) is 3.01. The van der Waals surface area contributed by atoms with Crippen molar-refractivity contribution in [3.8, 4) is 0 Å². The highest BCUT2D eigenvalue weighted by Crippen LogP contribution is 2.30. The first-order chi connectivity index (χ1) is 13.4. The van der Waals surface area contributed by atoms with E-state index in [4.69, 9.17) is 9.15 Å². The topological polar surface area (TPSA) is 115 Å². The van der Waals surface area contributed by atoms with Gasteiger partial charge in [0.05, 0.1) is 29.3 Å². The van der Waals surface area contributed by atoms with E-state index >= 15 is 0 Å². The molecule has 3 rings (SSSR count). The van der Waals surface area contributed by atoms with Gasteiger partial charge in [0, 0.05) is 31.6 Å². The summed E-state index contributed by atoms with van der Waals surface area (Å²) in [6, 6.07) is 7.60. The Morgan fingerprint density at radius 3 is 2.68 bits per heavy atom. The fraction of sp³-hybridized carbons (Fsp3) is 0.444. The zero-order valence-corrected chi connectivity index (χ0v) is 16.4. The molecule has 0 aliphatic carbocycles. The number of nitro benzene ring substituents is 1. The summed E-state index contributed by atoms with van der Waals surface area (Å²) < 4.78 is 37.2. The highest BCUT2D eigenvalue weighted by atomic mass is 32.2. The lowest BCUT2D eigenvalue weighted by Gasteiger charge is -2.26. The second-order valence-corrected chi connectivity index (χ2v) is 8.55. The number of hydrogen-bond donors (Lipinski definition) is 1. The normalized spacial score (nSPS) is 16.6. The molecule has 1 saturated heterocycles. The van der Waals surface area contributed by atoms with Crippen LogP contribution >= 0.6 is 0 Å². The quantitative estimate of drug-likeness (QED) is 0.526. The van der Waals surface area contributed by atoms with E-state index < -0.39 is 14.9 Å². The van der Waals surface area contributed by atoms with Gasteiger partial charge in [0.15, 0.2) is 0 Å². The van der Waals surface area contributed by atoms with Crippen LogP contribution in [0, 0.1) is 10.1 Å². The first-order valence-corrected chi connectivity index (χ1v) is 10.5. The highest BCUT2D eigenvalue weighted by molar-refractivity contribution is 7.89. The van der Waals surface area contributed by atoms with Crippen LogP contribution in [-0.4, -0.2) is 50.0 Å². The standard InChI is InChI=1S/C18H23N3O6S/c1-14(4-5-15-3-2-10-27-15)19-17-7-6-16(13-18(17)21(22)23)28(24,25)20-8-11-26-12-9-20/h2-3,6-7,10,13-14,19H,4-5,8-9,11-12H2,1H3. The number of furan rings is 1. The van der Waals surface area contributed by atoms with Gasteiger partial charge in [-0.15, -0.1) is 0 Å². The fourth-order valence-corrected chi connectivity index (χ4v) is 4.46. The minimum Gasteiger partial charge on any atom is -0.469 e. The Morgan fingerprint density at radius 1 is 1.29 bits per heavy atom. The Balaban J connectivity index is 1.76. The maximum absolute atomic E-state index is 12.7. The number of nitrogens with zero attached hydrogens (tertiary/aromatic N) is 2. The molecule has 0 spiro atoms. The smallest absolute Gasteiger partial charge is 0.293 e. The maximum atomic E-state index is 12.7. The monoisotopic (exact) mass is 409 g/mol. The number of hydrogen-bond acceptors (Lipinski definition) is 7. The maximum Gasteiger partial charge on any atom is 0.293 e. The Kier molecular flexibility index (Phi) is 6.32. The van der Waals surface area contributed by atoms with Crippen molar-refractivity contribution in [1.82, 2.24) is 4.31 Å². The van der Waals surface area contributed by atoms with E-state index in [1.807, 2.05) is 19.1 Å².